The Hall–Kier alpha value is -1.24. The summed E-state index contributed by atoms with van der Waals surface area (Å²) < 4.78 is 19.7. The van der Waals surface area contributed by atoms with Crippen molar-refractivity contribution in [2.45, 2.75) is 24.9 Å². The van der Waals surface area contributed by atoms with E-state index >= 15 is 0 Å². The van der Waals surface area contributed by atoms with E-state index in [0.29, 0.717) is 6.42 Å². The molecule has 136 valence electrons. The number of ether oxygens (including phenoxy) is 2. The van der Waals surface area contributed by atoms with E-state index in [1.165, 1.54) is 10.8 Å². The van der Waals surface area contributed by atoms with E-state index in [0.717, 1.165) is 12.2 Å². The van der Waals surface area contributed by atoms with E-state index in [9.17, 15) is 4.79 Å². The lowest BCUT2D eigenvalue weighted by molar-refractivity contribution is -0.00399. The SMILES string of the molecule is CNN(C)SO/C=C\C1OC(n2ccc(N)nc2=O)C[C@@H]1OC.S. The molecule has 3 atom stereocenters. The number of nitrogens with zero attached hydrogens (tertiary/aromatic N) is 3. The van der Waals surface area contributed by atoms with Gasteiger partial charge in [-0.05, 0) is 19.2 Å². The zero-order valence-corrected chi connectivity index (χ0v) is 15.5. The van der Waals surface area contributed by atoms with Crippen molar-refractivity contribution in [1.82, 2.24) is 19.4 Å². The van der Waals surface area contributed by atoms with Gasteiger partial charge in [0, 0.05) is 26.8 Å². The van der Waals surface area contributed by atoms with Crippen molar-refractivity contribution in [3.05, 3.63) is 35.1 Å². The van der Waals surface area contributed by atoms with Crippen molar-refractivity contribution >= 4 is 31.5 Å². The number of nitrogens with two attached hydrogens (primary N) is 1. The quantitative estimate of drug-likeness (QED) is 0.302. The summed E-state index contributed by atoms with van der Waals surface area (Å²) in [4.78, 5) is 15.6. The molecule has 11 heteroatoms. The third-order valence-electron chi connectivity index (χ3n) is 3.37. The van der Waals surface area contributed by atoms with Gasteiger partial charge in [0.15, 0.2) is 12.2 Å². The molecule has 1 fully saturated rings. The summed E-state index contributed by atoms with van der Waals surface area (Å²) in [7, 11) is 5.20. The van der Waals surface area contributed by atoms with Gasteiger partial charge in [-0.3, -0.25) is 4.57 Å². The van der Waals surface area contributed by atoms with Crippen LogP contribution in [-0.4, -0.2) is 47.4 Å². The van der Waals surface area contributed by atoms with E-state index < -0.39 is 11.9 Å². The molecule has 2 unspecified atom stereocenters. The third-order valence-corrected chi connectivity index (χ3v) is 3.98. The molecule has 1 aliphatic rings. The molecule has 9 nitrogen and oxygen atoms in total. The molecule has 1 aromatic heterocycles. The molecule has 0 aliphatic carbocycles. The van der Waals surface area contributed by atoms with E-state index in [1.54, 1.807) is 36.9 Å². The summed E-state index contributed by atoms with van der Waals surface area (Å²) in [5.41, 5.74) is 7.93. The third kappa shape index (κ3) is 5.40. The standard InChI is InChI=1S/C13H21N5O4S.H2S/c1-15-17(2)23-21-7-5-9-10(20-3)8-12(22-9)18-6-4-11(14)16-13(18)19;/h4-7,9-10,12,15H,8H2,1-3H3,(H2,14,16,19);1H2/b7-5-;/t9?,10-,12?;/m0./s1. The van der Waals surface area contributed by atoms with Gasteiger partial charge in [0.05, 0.1) is 6.10 Å². The average molecular weight is 377 g/mol. The lowest BCUT2D eigenvalue weighted by Crippen LogP contribution is -2.27. The topological polar surface area (TPSA) is 104 Å². The second-order valence-corrected chi connectivity index (χ2v) is 5.72. The molecule has 1 saturated heterocycles. The fraction of sp³-hybridized carbons (Fsp3) is 0.538. The van der Waals surface area contributed by atoms with Crippen LogP contribution in [-0.2, 0) is 13.7 Å². The zero-order valence-electron chi connectivity index (χ0n) is 13.7. The number of aromatic nitrogens is 2. The first kappa shape index (κ1) is 20.8. The van der Waals surface area contributed by atoms with Gasteiger partial charge in [-0.15, -0.1) is 0 Å². The Morgan fingerprint density at radius 2 is 2.38 bits per heavy atom. The molecule has 24 heavy (non-hydrogen) atoms. The van der Waals surface area contributed by atoms with Crippen LogP contribution >= 0.6 is 25.7 Å². The summed E-state index contributed by atoms with van der Waals surface area (Å²) in [5, 5.41) is 0. The number of methoxy groups -OCH3 is 1. The summed E-state index contributed by atoms with van der Waals surface area (Å²) in [6, 6.07) is 1.56. The van der Waals surface area contributed by atoms with Crippen molar-refractivity contribution < 1.29 is 13.7 Å². The van der Waals surface area contributed by atoms with Crippen LogP contribution in [0.4, 0.5) is 5.82 Å². The Labute approximate surface area is 151 Å². The van der Waals surface area contributed by atoms with E-state index in [4.69, 9.17) is 19.4 Å². The van der Waals surface area contributed by atoms with Gasteiger partial charge in [0.1, 0.15) is 24.4 Å². The van der Waals surface area contributed by atoms with Crippen molar-refractivity contribution in [3.8, 4) is 0 Å². The number of hydrogen-bond acceptors (Lipinski definition) is 9. The number of nitrogens with one attached hydrogen (secondary N) is 1. The molecule has 3 N–H and O–H groups in total. The van der Waals surface area contributed by atoms with Gasteiger partial charge >= 0.3 is 5.69 Å². The number of anilines is 1. The molecular weight excluding hydrogens is 354 g/mol. The predicted molar refractivity (Wildman–Crippen MR) is 97.3 cm³/mol. The molecule has 0 bridgehead atoms. The number of hydrazine groups is 1. The van der Waals surface area contributed by atoms with Crippen LogP contribution in [0.3, 0.4) is 0 Å². The van der Waals surface area contributed by atoms with Crippen LogP contribution in [0.25, 0.3) is 0 Å². The first-order chi connectivity index (χ1) is 11.0. The molecule has 0 spiro atoms. The fourth-order valence-electron chi connectivity index (χ4n) is 2.12. The van der Waals surface area contributed by atoms with Crippen LogP contribution in [0.2, 0.25) is 0 Å². The van der Waals surface area contributed by atoms with Crippen molar-refractivity contribution in [2.75, 3.05) is 26.9 Å². The Morgan fingerprint density at radius 3 is 3.00 bits per heavy atom. The van der Waals surface area contributed by atoms with Crippen LogP contribution in [0.5, 0.6) is 0 Å². The fourth-order valence-corrected chi connectivity index (χ4v) is 2.43. The van der Waals surface area contributed by atoms with Gasteiger partial charge in [-0.2, -0.15) is 22.9 Å². The lowest BCUT2D eigenvalue weighted by atomic mass is 10.2. The average Bonchev–Trinajstić information content (AvgIpc) is 2.94. The maximum absolute atomic E-state index is 11.9. The molecule has 2 heterocycles. The van der Waals surface area contributed by atoms with Gasteiger partial charge < -0.3 is 19.4 Å². The minimum Gasteiger partial charge on any atom is -0.417 e. The number of hydrogen-bond donors (Lipinski definition) is 2. The summed E-state index contributed by atoms with van der Waals surface area (Å²) in [5.74, 6) is 0.183. The number of nitrogen functional groups attached to an aromatic ring is 1. The maximum atomic E-state index is 11.9. The minimum atomic E-state index is -0.456. The molecule has 0 amide bonds. The molecule has 1 aliphatic heterocycles. The zero-order chi connectivity index (χ0) is 16.8. The number of rotatable bonds is 7. The van der Waals surface area contributed by atoms with Gasteiger partial charge in [0.2, 0.25) is 0 Å². The molecule has 0 saturated carbocycles. The molecule has 0 radical (unpaired) electrons. The smallest absolute Gasteiger partial charge is 0.351 e. The summed E-state index contributed by atoms with van der Waals surface area (Å²) in [6.07, 6.45) is 4.42. The Morgan fingerprint density at radius 1 is 1.62 bits per heavy atom. The predicted octanol–water partition coefficient (Wildman–Crippen LogP) is 0.400. The highest BCUT2D eigenvalue weighted by Crippen LogP contribution is 2.30. The van der Waals surface area contributed by atoms with E-state index in [-0.39, 0.29) is 31.5 Å². The van der Waals surface area contributed by atoms with E-state index in [2.05, 4.69) is 10.4 Å². The van der Waals surface area contributed by atoms with Crippen LogP contribution in [0, 0.1) is 0 Å². The monoisotopic (exact) mass is 377 g/mol. The molecular formula is C13H23N5O4S2. The normalized spacial score (nSPS) is 23.6. The highest BCUT2D eigenvalue weighted by Gasteiger charge is 2.35. The van der Waals surface area contributed by atoms with Crippen LogP contribution in [0.1, 0.15) is 12.6 Å². The Balaban J connectivity index is 0.00000288. The first-order valence-electron chi connectivity index (χ1n) is 6.99. The molecule has 2 rings (SSSR count). The van der Waals surface area contributed by atoms with Gasteiger partial charge in [-0.25, -0.2) is 10.2 Å². The highest BCUT2D eigenvalue weighted by molar-refractivity contribution is 7.92. The molecule has 1 aromatic rings. The summed E-state index contributed by atoms with van der Waals surface area (Å²) >= 11 is 1.13. The van der Waals surface area contributed by atoms with Gasteiger partial charge in [-0.1, -0.05) is 0 Å². The second-order valence-electron chi connectivity index (χ2n) is 4.83. The van der Waals surface area contributed by atoms with Crippen molar-refractivity contribution in [2.24, 2.45) is 0 Å². The first-order valence-corrected chi connectivity index (χ1v) is 7.69. The Bertz CT molecular complexity index is 600. The molecule has 0 aromatic carbocycles. The van der Waals surface area contributed by atoms with Crippen molar-refractivity contribution in [1.29, 1.82) is 0 Å². The largest absolute Gasteiger partial charge is 0.417 e. The Kier molecular flexibility index (Phi) is 8.59. The maximum Gasteiger partial charge on any atom is 0.351 e. The minimum absolute atomic E-state index is 0. The van der Waals surface area contributed by atoms with Crippen LogP contribution in [0.15, 0.2) is 29.4 Å². The van der Waals surface area contributed by atoms with Crippen molar-refractivity contribution in [3.63, 3.8) is 0 Å². The summed E-state index contributed by atoms with van der Waals surface area (Å²) in [6.45, 7) is 0. The highest BCUT2D eigenvalue weighted by atomic mass is 32.2. The van der Waals surface area contributed by atoms with E-state index in [1.807, 2.05) is 7.05 Å². The second kappa shape index (κ2) is 9.91. The van der Waals surface area contributed by atoms with Gasteiger partial charge in [0.25, 0.3) is 0 Å². The lowest BCUT2D eigenvalue weighted by Gasteiger charge is -2.14. The van der Waals surface area contributed by atoms with Crippen LogP contribution < -0.4 is 16.8 Å².